The lowest BCUT2D eigenvalue weighted by Gasteiger charge is -2.08. The second-order valence-corrected chi connectivity index (χ2v) is 5.56. The fourth-order valence-corrected chi connectivity index (χ4v) is 2.40. The molecule has 3 aromatic rings. The zero-order valence-corrected chi connectivity index (χ0v) is 13.7. The number of halogens is 2. The van der Waals surface area contributed by atoms with Crippen molar-refractivity contribution in [2.24, 2.45) is 0 Å². The fourth-order valence-electron chi connectivity index (χ4n) is 2.40. The number of benzene rings is 2. The first-order valence-corrected chi connectivity index (χ1v) is 7.83. The number of fused-ring (bicyclic) bond motifs is 1. The van der Waals surface area contributed by atoms with Gasteiger partial charge in [-0.25, -0.2) is 18.7 Å². The lowest BCUT2D eigenvalue weighted by molar-refractivity contribution is 0.102. The molecule has 7 nitrogen and oxygen atoms in total. The summed E-state index contributed by atoms with van der Waals surface area (Å²) in [6.45, 7) is 0.143. The molecule has 9 heteroatoms. The highest BCUT2D eigenvalue weighted by molar-refractivity contribution is 6.02. The normalized spacial score (nSPS) is 11.9. The van der Waals surface area contributed by atoms with Crippen LogP contribution in [0, 0.1) is 11.6 Å². The third-order valence-corrected chi connectivity index (χ3v) is 3.71. The van der Waals surface area contributed by atoms with Crippen LogP contribution in [0.5, 0.6) is 11.5 Å². The zero-order chi connectivity index (χ0) is 18.8. The van der Waals surface area contributed by atoms with E-state index in [2.05, 4.69) is 20.6 Å². The molecular formula is C18H12F2N4O3. The molecule has 0 fully saturated rings. The molecule has 1 aliphatic rings. The zero-order valence-electron chi connectivity index (χ0n) is 13.7. The molecule has 0 bridgehead atoms. The standard InChI is InChI=1S/C18H12F2N4O3/c19-12-3-1-10(5-13(12)20)23-17-8-21-14(7-22-17)18(25)24-11-2-4-15-16(6-11)27-9-26-15/h1-8H,9H2,(H,22,23)(H,24,25). The molecule has 2 heterocycles. The molecule has 1 amide bonds. The van der Waals surface area contributed by atoms with E-state index >= 15 is 0 Å². The lowest BCUT2D eigenvalue weighted by Crippen LogP contribution is -2.14. The Hall–Kier alpha value is -3.75. The molecule has 0 aliphatic carbocycles. The summed E-state index contributed by atoms with van der Waals surface area (Å²) in [5.74, 6) is -0.943. The van der Waals surface area contributed by atoms with Gasteiger partial charge in [0.1, 0.15) is 11.5 Å². The van der Waals surface area contributed by atoms with Crippen LogP contribution in [0.15, 0.2) is 48.8 Å². The molecule has 0 radical (unpaired) electrons. The van der Waals surface area contributed by atoms with E-state index in [9.17, 15) is 13.6 Å². The van der Waals surface area contributed by atoms with Gasteiger partial charge in [0.2, 0.25) is 6.79 Å². The first kappa shape index (κ1) is 16.7. The molecule has 0 spiro atoms. The number of hydrogen-bond acceptors (Lipinski definition) is 6. The van der Waals surface area contributed by atoms with Gasteiger partial charge in [0.05, 0.1) is 12.4 Å². The Morgan fingerprint density at radius 2 is 1.74 bits per heavy atom. The number of amides is 1. The molecule has 27 heavy (non-hydrogen) atoms. The van der Waals surface area contributed by atoms with Gasteiger partial charge in [-0.1, -0.05) is 0 Å². The van der Waals surface area contributed by atoms with Crippen LogP contribution in [0.2, 0.25) is 0 Å². The number of carbonyl (C=O) groups is 1. The molecule has 2 N–H and O–H groups in total. The predicted octanol–water partition coefficient (Wildman–Crippen LogP) is 3.48. The van der Waals surface area contributed by atoms with Gasteiger partial charge in [-0.15, -0.1) is 0 Å². The highest BCUT2D eigenvalue weighted by atomic mass is 19.2. The van der Waals surface area contributed by atoms with Gasteiger partial charge < -0.3 is 20.1 Å². The van der Waals surface area contributed by atoms with E-state index in [0.717, 1.165) is 12.1 Å². The third kappa shape index (κ3) is 3.61. The van der Waals surface area contributed by atoms with Crippen LogP contribution in [0.4, 0.5) is 26.0 Å². The van der Waals surface area contributed by atoms with E-state index in [1.165, 1.54) is 18.5 Å². The summed E-state index contributed by atoms with van der Waals surface area (Å²) in [5, 5.41) is 5.46. The first-order valence-electron chi connectivity index (χ1n) is 7.83. The summed E-state index contributed by atoms with van der Waals surface area (Å²) in [7, 11) is 0. The Kier molecular flexibility index (Phi) is 4.25. The summed E-state index contributed by atoms with van der Waals surface area (Å²) in [6.07, 6.45) is 2.58. The smallest absolute Gasteiger partial charge is 0.275 e. The van der Waals surface area contributed by atoms with Crippen molar-refractivity contribution in [2.75, 3.05) is 17.4 Å². The average molecular weight is 370 g/mol. The largest absolute Gasteiger partial charge is 0.454 e. The van der Waals surface area contributed by atoms with Crippen molar-refractivity contribution in [3.05, 3.63) is 66.1 Å². The van der Waals surface area contributed by atoms with Crippen LogP contribution in [0.1, 0.15) is 10.5 Å². The van der Waals surface area contributed by atoms with Gasteiger partial charge in [0.15, 0.2) is 23.1 Å². The van der Waals surface area contributed by atoms with Gasteiger partial charge in [-0.05, 0) is 24.3 Å². The molecule has 1 aliphatic heterocycles. The predicted molar refractivity (Wildman–Crippen MR) is 92.2 cm³/mol. The van der Waals surface area contributed by atoms with Crippen molar-refractivity contribution < 1.29 is 23.0 Å². The van der Waals surface area contributed by atoms with Gasteiger partial charge in [0, 0.05) is 23.5 Å². The Labute approximate surface area is 152 Å². The van der Waals surface area contributed by atoms with Gasteiger partial charge in [-0.2, -0.15) is 0 Å². The van der Waals surface area contributed by atoms with Crippen molar-refractivity contribution in [3.63, 3.8) is 0 Å². The molecule has 136 valence electrons. The van der Waals surface area contributed by atoms with Crippen LogP contribution in [0.3, 0.4) is 0 Å². The van der Waals surface area contributed by atoms with E-state index in [1.54, 1.807) is 18.2 Å². The summed E-state index contributed by atoms with van der Waals surface area (Å²) >= 11 is 0. The highest BCUT2D eigenvalue weighted by Gasteiger charge is 2.15. The van der Waals surface area contributed by atoms with Crippen LogP contribution in [0.25, 0.3) is 0 Å². The van der Waals surface area contributed by atoms with E-state index in [0.29, 0.717) is 22.9 Å². The lowest BCUT2D eigenvalue weighted by atomic mass is 10.2. The molecular weight excluding hydrogens is 358 g/mol. The molecule has 0 saturated heterocycles. The molecule has 4 rings (SSSR count). The Bertz CT molecular complexity index is 1010. The summed E-state index contributed by atoms with van der Waals surface area (Å²) < 4.78 is 36.6. The molecule has 0 saturated carbocycles. The Morgan fingerprint density at radius 3 is 2.52 bits per heavy atom. The third-order valence-electron chi connectivity index (χ3n) is 3.71. The number of nitrogens with zero attached hydrogens (tertiary/aromatic N) is 2. The van der Waals surface area contributed by atoms with Crippen molar-refractivity contribution in [1.82, 2.24) is 9.97 Å². The number of nitrogens with one attached hydrogen (secondary N) is 2. The van der Waals surface area contributed by atoms with Crippen LogP contribution in [-0.2, 0) is 0 Å². The fraction of sp³-hybridized carbons (Fsp3) is 0.0556. The van der Waals surface area contributed by atoms with Gasteiger partial charge in [-0.3, -0.25) is 4.79 Å². The maximum absolute atomic E-state index is 13.2. The van der Waals surface area contributed by atoms with Crippen molar-refractivity contribution >= 4 is 23.1 Å². The summed E-state index contributed by atoms with van der Waals surface area (Å²) in [5.41, 5.74) is 0.916. The molecule has 0 atom stereocenters. The van der Waals surface area contributed by atoms with E-state index < -0.39 is 17.5 Å². The van der Waals surface area contributed by atoms with Crippen LogP contribution in [-0.4, -0.2) is 22.7 Å². The maximum Gasteiger partial charge on any atom is 0.275 e. The second kappa shape index (κ2) is 6.87. The van der Waals surface area contributed by atoms with E-state index in [1.807, 2.05) is 0 Å². The number of ether oxygens (including phenoxy) is 2. The maximum atomic E-state index is 13.2. The molecule has 1 aromatic heterocycles. The quantitative estimate of drug-likeness (QED) is 0.731. The number of rotatable bonds is 4. The number of hydrogen-bond donors (Lipinski definition) is 2. The minimum absolute atomic E-state index is 0.0866. The summed E-state index contributed by atoms with van der Waals surface area (Å²) in [6, 6.07) is 8.37. The monoisotopic (exact) mass is 370 g/mol. The number of carbonyl (C=O) groups excluding carboxylic acids is 1. The van der Waals surface area contributed by atoms with Crippen LogP contribution < -0.4 is 20.1 Å². The minimum Gasteiger partial charge on any atom is -0.454 e. The molecule has 0 unspecified atom stereocenters. The van der Waals surface area contributed by atoms with E-state index in [-0.39, 0.29) is 18.3 Å². The van der Waals surface area contributed by atoms with Gasteiger partial charge in [0.25, 0.3) is 5.91 Å². The number of aromatic nitrogens is 2. The Balaban J connectivity index is 1.43. The number of anilines is 3. The topological polar surface area (TPSA) is 85.4 Å². The minimum atomic E-state index is -0.979. The second-order valence-electron chi connectivity index (χ2n) is 5.56. The first-order chi connectivity index (χ1) is 13.1. The average Bonchev–Trinajstić information content (AvgIpc) is 3.13. The van der Waals surface area contributed by atoms with Crippen molar-refractivity contribution in [2.45, 2.75) is 0 Å². The van der Waals surface area contributed by atoms with Gasteiger partial charge >= 0.3 is 0 Å². The highest BCUT2D eigenvalue weighted by Crippen LogP contribution is 2.34. The summed E-state index contributed by atoms with van der Waals surface area (Å²) in [4.78, 5) is 20.3. The SMILES string of the molecule is O=C(Nc1ccc2c(c1)OCO2)c1cnc(Nc2ccc(F)c(F)c2)cn1. The van der Waals surface area contributed by atoms with E-state index in [4.69, 9.17) is 9.47 Å². The van der Waals surface area contributed by atoms with Crippen molar-refractivity contribution in [3.8, 4) is 11.5 Å². The van der Waals surface area contributed by atoms with Crippen LogP contribution >= 0.6 is 0 Å². The Morgan fingerprint density at radius 1 is 0.926 bits per heavy atom. The van der Waals surface area contributed by atoms with Crippen molar-refractivity contribution in [1.29, 1.82) is 0 Å². The molecule has 2 aromatic carbocycles.